The molecule has 24 heavy (non-hydrogen) atoms. The van der Waals surface area contributed by atoms with E-state index in [4.69, 9.17) is 11.6 Å². The zero-order valence-corrected chi connectivity index (χ0v) is 14.9. The largest absolute Gasteiger partial charge is 0.469 e. The fraction of sp³-hybridized carbons (Fsp3) is 0.471. The van der Waals surface area contributed by atoms with E-state index in [0.29, 0.717) is 17.0 Å². The first kappa shape index (κ1) is 20.0. The number of hydrogen-bond acceptors (Lipinski definition) is 4. The number of carbonyl (C=O) groups excluding carboxylic acids is 3. The lowest BCUT2D eigenvalue weighted by atomic mass is 10.0. The maximum absolute atomic E-state index is 12.3. The maximum atomic E-state index is 12.3. The van der Waals surface area contributed by atoms with Crippen LogP contribution in [-0.2, 0) is 14.3 Å². The van der Waals surface area contributed by atoms with Gasteiger partial charge in [0.1, 0.15) is 6.04 Å². The van der Waals surface area contributed by atoms with Gasteiger partial charge in [-0.3, -0.25) is 14.4 Å². The Balaban J connectivity index is 2.66. The van der Waals surface area contributed by atoms with E-state index in [0.717, 1.165) is 0 Å². The summed E-state index contributed by atoms with van der Waals surface area (Å²) in [6, 6.07) is 5.75. The van der Waals surface area contributed by atoms with E-state index in [1.807, 2.05) is 13.8 Å². The number of esters is 1. The van der Waals surface area contributed by atoms with Gasteiger partial charge >= 0.3 is 5.97 Å². The van der Waals surface area contributed by atoms with Crippen molar-refractivity contribution in [1.29, 1.82) is 0 Å². The number of carbonyl (C=O) groups is 3. The minimum Gasteiger partial charge on any atom is -0.469 e. The first-order valence-corrected chi connectivity index (χ1v) is 8.12. The van der Waals surface area contributed by atoms with Crippen LogP contribution in [0, 0.1) is 5.92 Å². The molecule has 0 saturated heterocycles. The summed E-state index contributed by atoms with van der Waals surface area (Å²) in [5.41, 5.74) is 0.426. The van der Waals surface area contributed by atoms with E-state index >= 15 is 0 Å². The molecule has 0 saturated carbocycles. The van der Waals surface area contributed by atoms with Crippen molar-refractivity contribution in [3.63, 3.8) is 0 Å². The molecular weight excluding hydrogens is 332 g/mol. The number of halogens is 1. The topological polar surface area (TPSA) is 84.5 Å². The van der Waals surface area contributed by atoms with Gasteiger partial charge in [-0.15, -0.1) is 0 Å². The van der Waals surface area contributed by atoms with Crippen LogP contribution in [0.5, 0.6) is 0 Å². The molecule has 0 radical (unpaired) electrons. The number of amides is 2. The molecule has 0 aliphatic rings. The molecule has 1 aromatic rings. The molecule has 0 fully saturated rings. The highest BCUT2D eigenvalue weighted by Crippen LogP contribution is 2.11. The van der Waals surface area contributed by atoms with Crippen molar-refractivity contribution in [2.24, 2.45) is 5.92 Å². The molecule has 0 aromatic heterocycles. The highest BCUT2D eigenvalue weighted by atomic mass is 35.5. The molecule has 0 bridgehead atoms. The number of ether oxygens (including phenoxy) is 1. The van der Waals surface area contributed by atoms with Crippen LogP contribution >= 0.6 is 11.6 Å². The highest BCUT2D eigenvalue weighted by molar-refractivity contribution is 6.30. The SMILES string of the molecule is COC(=O)CCNC(=O)C(CC(C)C)NC(=O)c1ccc(Cl)cc1. The summed E-state index contributed by atoms with van der Waals surface area (Å²) >= 11 is 5.80. The fourth-order valence-electron chi connectivity index (χ4n) is 2.06. The molecule has 2 amide bonds. The molecule has 1 atom stereocenters. The van der Waals surface area contributed by atoms with Crippen molar-refractivity contribution in [2.45, 2.75) is 32.7 Å². The quantitative estimate of drug-likeness (QED) is 0.701. The van der Waals surface area contributed by atoms with Gasteiger partial charge in [-0.2, -0.15) is 0 Å². The number of rotatable bonds is 8. The number of benzene rings is 1. The Bertz CT molecular complexity index is 572. The van der Waals surface area contributed by atoms with Crippen LogP contribution in [0.4, 0.5) is 0 Å². The van der Waals surface area contributed by atoms with E-state index in [1.165, 1.54) is 7.11 Å². The zero-order valence-electron chi connectivity index (χ0n) is 14.1. The third-order valence-corrected chi connectivity index (χ3v) is 3.54. The normalized spacial score (nSPS) is 11.7. The Kier molecular flexibility index (Phi) is 8.26. The van der Waals surface area contributed by atoms with Crippen molar-refractivity contribution in [1.82, 2.24) is 10.6 Å². The molecule has 0 aliphatic heterocycles. The second kappa shape index (κ2) is 9.93. The monoisotopic (exact) mass is 354 g/mol. The number of methoxy groups -OCH3 is 1. The highest BCUT2D eigenvalue weighted by Gasteiger charge is 2.22. The Labute approximate surface area is 146 Å². The van der Waals surface area contributed by atoms with Crippen molar-refractivity contribution >= 4 is 29.4 Å². The maximum Gasteiger partial charge on any atom is 0.307 e. The molecular formula is C17H23ClN2O4. The average molecular weight is 355 g/mol. The molecule has 0 spiro atoms. The third kappa shape index (κ3) is 7.00. The van der Waals surface area contributed by atoms with Crippen LogP contribution < -0.4 is 10.6 Å². The van der Waals surface area contributed by atoms with Crippen molar-refractivity contribution in [3.05, 3.63) is 34.9 Å². The molecule has 0 heterocycles. The third-order valence-electron chi connectivity index (χ3n) is 3.29. The number of hydrogen-bond donors (Lipinski definition) is 2. The van der Waals surface area contributed by atoms with E-state index in [2.05, 4.69) is 15.4 Å². The van der Waals surface area contributed by atoms with Gasteiger partial charge in [0.25, 0.3) is 5.91 Å². The van der Waals surface area contributed by atoms with E-state index in [1.54, 1.807) is 24.3 Å². The first-order chi connectivity index (χ1) is 11.3. The van der Waals surface area contributed by atoms with Crippen molar-refractivity contribution < 1.29 is 19.1 Å². The van der Waals surface area contributed by atoms with Crippen LogP contribution in [0.2, 0.25) is 5.02 Å². The minimum atomic E-state index is -0.675. The molecule has 1 unspecified atom stereocenters. The second-order valence-electron chi connectivity index (χ2n) is 5.78. The van der Waals surface area contributed by atoms with Gasteiger partial charge in [0, 0.05) is 17.1 Å². The van der Waals surface area contributed by atoms with E-state index in [-0.39, 0.29) is 30.7 Å². The molecule has 132 valence electrons. The number of nitrogens with one attached hydrogen (secondary N) is 2. The minimum absolute atomic E-state index is 0.0851. The molecule has 2 N–H and O–H groups in total. The smallest absolute Gasteiger partial charge is 0.307 e. The van der Waals surface area contributed by atoms with Gasteiger partial charge in [-0.05, 0) is 36.6 Å². The van der Waals surface area contributed by atoms with Crippen LogP contribution in [0.3, 0.4) is 0 Å². The van der Waals surface area contributed by atoms with Crippen LogP contribution in [0.1, 0.15) is 37.0 Å². The van der Waals surface area contributed by atoms with Gasteiger partial charge < -0.3 is 15.4 Å². The summed E-state index contributed by atoms with van der Waals surface area (Å²) in [4.78, 5) is 35.6. The lowest BCUT2D eigenvalue weighted by Gasteiger charge is -2.20. The molecule has 1 rings (SSSR count). The van der Waals surface area contributed by atoms with Crippen LogP contribution in [-0.4, -0.2) is 37.5 Å². The summed E-state index contributed by atoms with van der Waals surface area (Å²) in [5, 5.41) is 5.90. The van der Waals surface area contributed by atoms with Gasteiger partial charge in [0.05, 0.1) is 13.5 Å². The summed E-state index contributed by atoms with van der Waals surface area (Å²) in [5.74, 6) is -0.858. The Morgan fingerprint density at radius 1 is 1.17 bits per heavy atom. The van der Waals surface area contributed by atoms with Gasteiger partial charge in [0.2, 0.25) is 5.91 Å². The van der Waals surface area contributed by atoms with Gasteiger partial charge in [0.15, 0.2) is 0 Å². The molecule has 7 heteroatoms. The predicted molar refractivity (Wildman–Crippen MR) is 91.8 cm³/mol. The summed E-state index contributed by atoms with van der Waals surface area (Å²) in [6.45, 7) is 4.09. The van der Waals surface area contributed by atoms with Gasteiger partial charge in [-0.1, -0.05) is 25.4 Å². The zero-order chi connectivity index (χ0) is 18.1. The first-order valence-electron chi connectivity index (χ1n) is 7.74. The lowest BCUT2D eigenvalue weighted by molar-refractivity contribution is -0.140. The van der Waals surface area contributed by atoms with Crippen molar-refractivity contribution in [3.8, 4) is 0 Å². The standard InChI is InChI=1S/C17H23ClN2O4/c1-11(2)10-14(17(23)19-9-8-15(21)24-3)20-16(22)12-4-6-13(18)7-5-12/h4-7,11,14H,8-10H2,1-3H3,(H,19,23)(H,20,22). The molecule has 6 nitrogen and oxygen atoms in total. The summed E-state index contributed by atoms with van der Waals surface area (Å²) < 4.78 is 4.52. The Morgan fingerprint density at radius 2 is 1.79 bits per heavy atom. The van der Waals surface area contributed by atoms with Crippen molar-refractivity contribution in [2.75, 3.05) is 13.7 Å². The van der Waals surface area contributed by atoms with E-state index in [9.17, 15) is 14.4 Å². The fourth-order valence-corrected chi connectivity index (χ4v) is 2.18. The average Bonchev–Trinajstić information content (AvgIpc) is 2.53. The Morgan fingerprint density at radius 3 is 2.33 bits per heavy atom. The summed E-state index contributed by atoms with van der Waals surface area (Å²) in [6.07, 6.45) is 0.575. The predicted octanol–water partition coefficient (Wildman–Crippen LogP) is 2.16. The van der Waals surface area contributed by atoms with Crippen LogP contribution in [0.25, 0.3) is 0 Å². The molecule has 0 aliphatic carbocycles. The summed E-state index contributed by atoms with van der Waals surface area (Å²) in [7, 11) is 1.29. The Hall–Kier alpha value is -2.08. The lowest BCUT2D eigenvalue weighted by Crippen LogP contribution is -2.47. The molecule has 1 aromatic carbocycles. The van der Waals surface area contributed by atoms with E-state index < -0.39 is 12.0 Å². The van der Waals surface area contributed by atoms with Gasteiger partial charge in [-0.25, -0.2) is 0 Å². The van der Waals surface area contributed by atoms with Crippen LogP contribution in [0.15, 0.2) is 24.3 Å². The second-order valence-corrected chi connectivity index (χ2v) is 6.22.